The Balaban J connectivity index is 1.47. The van der Waals surface area contributed by atoms with E-state index in [1.54, 1.807) is 12.1 Å². The van der Waals surface area contributed by atoms with Crippen LogP contribution >= 0.6 is 46.8 Å². The van der Waals surface area contributed by atoms with Crippen molar-refractivity contribution >= 4 is 68.5 Å². The maximum Gasteiger partial charge on any atom is 0.243 e. The summed E-state index contributed by atoms with van der Waals surface area (Å²) < 4.78 is 28.2. The van der Waals surface area contributed by atoms with Gasteiger partial charge in [-0.25, -0.2) is 8.42 Å². The Labute approximate surface area is 235 Å². The van der Waals surface area contributed by atoms with Crippen LogP contribution in [0.2, 0.25) is 5.02 Å². The highest BCUT2D eigenvalue weighted by Gasteiger charge is 2.58. The molecule has 36 heavy (non-hydrogen) atoms. The van der Waals surface area contributed by atoms with Gasteiger partial charge in [0.25, 0.3) is 0 Å². The summed E-state index contributed by atoms with van der Waals surface area (Å²) in [5, 5.41) is 1.60. The Morgan fingerprint density at radius 3 is 2.31 bits per heavy atom. The number of carbonyl (C=O) groups is 2. The quantitative estimate of drug-likeness (QED) is 0.240. The minimum atomic E-state index is -3.89. The summed E-state index contributed by atoms with van der Waals surface area (Å²) >= 11 is 12.8. The highest BCUT2D eigenvalue weighted by molar-refractivity contribution is 14.1. The number of hydrogen-bond acceptors (Lipinski definition) is 6. The average Bonchev–Trinajstić information content (AvgIpc) is 3.76. The van der Waals surface area contributed by atoms with E-state index in [2.05, 4.69) is 40.5 Å². The van der Waals surface area contributed by atoms with Crippen molar-refractivity contribution in [1.29, 1.82) is 0 Å². The lowest BCUT2D eigenvalue weighted by Gasteiger charge is -2.30. The molecule has 5 rings (SSSR count). The SMILES string of the molecule is NC(S)C1(NC(=O)[C@@H]2C[C@@H](S(=O)(=O)c3ccccc3Cl)CN2C(=O)C2(c3ccc(I)cc3)CC2)CC1. The van der Waals surface area contributed by atoms with Crippen LogP contribution in [0.15, 0.2) is 53.4 Å². The molecule has 7 nitrogen and oxygen atoms in total. The topological polar surface area (TPSA) is 110 Å². The predicted molar refractivity (Wildman–Crippen MR) is 150 cm³/mol. The van der Waals surface area contributed by atoms with Crippen LogP contribution in [0.25, 0.3) is 0 Å². The van der Waals surface area contributed by atoms with Gasteiger partial charge < -0.3 is 16.0 Å². The Morgan fingerprint density at radius 2 is 1.75 bits per heavy atom. The zero-order valence-electron chi connectivity index (χ0n) is 19.4. The van der Waals surface area contributed by atoms with Gasteiger partial charge in [-0.05, 0) is 84.5 Å². The lowest BCUT2D eigenvalue weighted by molar-refractivity contribution is -0.140. The van der Waals surface area contributed by atoms with Crippen LogP contribution in [0.5, 0.6) is 0 Å². The molecule has 3 N–H and O–H groups in total. The number of sulfone groups is 1. The summed E-state index contributed by atoms with van der Waals surface area (Å²) in [6.45, 7) is -0.0729. The fourth-order valence-corrected chi connectivity index (χ4v) is 8.00. The number of benzene rings is 2. The van der Waals surface area contributed by atoms with E-state index in [0.717, 1.165) is 9.13 Å². The first-order valence-electron chi connectivity index (χ1n) is 11.8. The highest BCUT2D eigenvalue weighted by Crippen LogP contribution is 2.51. The number of rotatable bonds is 7. The van der Waals surface area contributed by atoms with Gasteiger partial charge >= 0.3 is 0 Å². The molecule has 3 fully saturated rings. The van der Waals surface area contributed by atoms with Gasteiger partial charge in [-0.3, -0.25) is 9.59 Å². The van der Waals surface area contributed by atoms with Crippen LogP contribution in [0, 0.1) is 3.57 Å². The predicted octanol–water partition coefficient (Wildman–Crippen LogP) is 3.28. The van der Waals surface area contributed by atoms with Gasteiger partial charge in [0.15, 0.2) is 9.84 Å². The molecule has 2 amide bonds. The number of halogens is 2. The molecule has 2 aromatic carbocycles. The monoisotopic (exact) mass is 659 g/mol. The Bertz CT molecular complexity index is 1310. The molecule has 192 valence electrons. The molecule has 0 aromatic heterocycles. The lowest BCUT2D eigenvalue weighted by Crippen LogP contribution is -2.55. The van der Waals surface area contributed by atoms with Crippen molar-refractivity contribution in [2.24, 2.45) is 5.73 Å². The molecule has 1 saturated heterocycles. The van der Waals surface area contributed by atoms with E-state index < -0.39 is 37.5 Å². The molecule has 3 atom stereocenters. The third kappa shape index (κ3) is 4.57. The largest absolute Gasteiger partial charge is 0.346 e. The standard InChI is InChI=1S/C25H27ClIN3O4S2/c26-18-3-1-2-4-20(18)36(33,34)17-13-19(21(31)29-25(11-12-25)22(28)35)30(14-17)23(32)24(9-10-24)15-5-7-16(27)8-6-15/h1-8,17,19,22,35H,9-14,28H2,(H,29,31)/t17-,19+,22?/m1/s1. The van der Waals surface area contributed by atoms with Gasteiger partial charge in [0.1, 0.15) is 6.04 Å². The molecule has 1 aliphatic heterocycles. The van der Waals surface area contributed by atoms with Crippen molar-refractivity contribution in [3.63, 3.8) is 0 Å². The molecule has 0 spiro atoms. The Morgan fingerprint density at radius 1 is 1.11 bits per heavy atom. The van der Waals surface area contributed by atoms with Crippen molar-refractivity contribution in [3.8, 4) is 0 Å². The van der Waals surface area contributed by atoms with E-state index in [4.69, 9.17) is 17.3 Å². The zero-order valence-corrected chi connectivity index (χ0v) is 24.0. The maximum atomic E-state index is 14.0. The summed E-state index contributed by atoms with van der Waals surface area (Å²) in [6, 6.07) is 13.1. The fraction of sp³-hybridized carbons (Fsp3) is 0.440. The normalized spacial score (nSPS) is 24.7. The molecule has 11 heteroatoms. The Kier molecular flexibility index (Phi) is 6.89. The highest BCUT2D eigenvalue weighted by atomic mass is 127. The van der Waals surface area contributed by atoms with E-state index in [1.165, 1.54) is 17.0 Å². The van der Waals surface area contributed by atoms with Gasteiger partial charge in [-0.2, -0.15) is 12.6 Å². The van der Waals surface area contributed by atoms with Gasteiger partial charge in [-0.15, -0.1) is 0 Å². The van der Waals surface area contributed by atoms with Gasteiger partial charge in [0.05, 0.1) is 31.5 Å². The number of carbonyl (C=O) groups excluding carboxylic acids is 2. The van der Waals surface area contributed by atoms with E-state index in [1.807, 2.05) is 24.3 Å². The molecular weight excluding hydrogens is 633 g/mol. The summed E-state index contributed by atoms with van der Waals surface area (Å²) in [5.74, 6) is -0.596. The van der Waals surface area contributed by atoms with Crippen LogP contribution in [-0.4, -0.2) is 53.9 Å². The zero-order chi connectivity index (χ0) is 25.9. The third-order valence-electron chi connectivity index (χ3n) is 7.69. The number of nitrogens with one attached hydrogen (secondary N) is 1. The third-order valence-corrected chi connectivity index (χ3v) is 11.5. The number of nitrogens with two attached hydrogens (primary N) is 1. The minimum Gasteiger partial charge on any atom is -0.346 e. The van der Waals surface area contributed by atoms with Gasteiger partial charge in [0, 0.05) is 10.1 Å². The summed E-state index contributed by atoms with van der Waals surface area (Å²) in [4.78, 5) is 29.0. The Hall–Kier alpha value is -1.34. The first-order valence-corrected chi connectivity index (χ1v) is 15.3. The maximum absolute atomic E-state index is 14.0. The van der Waals surface area contributed by atoms with E-state index >= 15 is 0 Å². The average molecular weight is 660 g/mol. The first kappa shape index (κ1) is 26.3. The van der Waals surface area contributed by atoms with Gasteiger partial charge in [0.2, 0.25) is 11.8 Å². The van der Waals surface area contributed by atoms with Crippen LogP contribution < -0.4 is 11.1 Å². The molecule has 0 bridgehead atoms. The molecule has 2 aromatic rings. The van der Waals surface area contributed by atoms with Crippen LogP contribution in [0.1, 0.15) is 37.7 Å². The molecule has 3 aliphatic rings. The van der Waals surface area contributed by atoms with Crippen molar-refractivity contribution < 1.29 is 18.0 Å². The smallest absolute Gasteiger partial charge is 0.243 e. The first-order chi connectivity index (χ1) is 17.0. The number of nitrogens with zero attached hydrogens (tertiary/aromatic N) is 1. The van der Waals surface area contributed by atoms with E-state index in [0.29, 0.717) is 25.7 Å². The van der Waals surface area contributed by atoms with Crippen molar-refractivity contribution in [2.45, 2.75) is 64.6 Å². The number of thiol groups is 1. The number of amides is 2. The second-order valence-corrected chi connectivity index (χ2v) is 14.4. The molecule has 2 aliphatic carbocycles. The van der Waals surface area contributed by atoms with Crippen molar-refractivity contribution in [1.82, 2.24) is 10.2 Å². The van der Waals surface area contributed by atoms with E-state index in [-0.39, 0.29) is 34.7 Å². The molecular formula is C25H27ClIN3O4S2. The van der Waals surface area contributed by atoms with Gasteiger partial charge in [-0.1, -0.05) is 35.9 Å². The molecule has 1 unspecified atom stereocenters. The second kappa shape index (κ2) is 9.44. The number of likely N-dealkylation sites (tertiary alicyclic amines) is 1. The molecule has 2 saturated carbocycles. The molecule has 1 heterocycles. The fourth-order valence-electron chi connectivity index (χ4n) is 5.10. The minimum absolute atomic E-state index is 0.00815. The van der Waals surface area contributed by atoms with Crippen molar-refractivity contribution in [2.75, 3.05) is 6.54 Å². The second-order valence-electron chi connectivity index (χ2n) is 9.99. The van der Waals surface area contributed by atoms with Crippen molar-refractivity contribution in [3.05, 3.63) is 62.7 Å². The van der Waals surface area contributed by atoms with Crippen LogP contribution in [-0.2, 0) is 24.8 Å². The summed E-state index contributed by atoms with van der Waals surface area (Å²) in [5.41, 5.74) is 5.52. The number of hydrogen-bond donors (Lipinski definition) is 3. The van der Waals surface area contributed by atoms with Crippen LogP contribution in [0.3, 0.4) is 0 Å². The van der Waals surface area contributed by atoms with E-state index in [9.17, 15) is 18.0 Å². The van der Waals surface area contributed by atoms with Crippen LogP contribution in [0.4, 0.5) is 0 Å². The summed E-state index contributed by atoms with van der Waals surface area (Å²) in [7, 11) is -3.89. The lowest BCUT2D eigenvalue weighted by atomic mass is 9.94. The summed E-state index contributed by atoms with van der Waals surface area (Å²) in [6.07, 6.45) is 2.69. The molecule has 0 radical (unpaired) electrons.